The number of carbonyl (C=O) groups excluding carboxylic acids is 1. The van der Waals surface area contributed by atoms with Crippen molar-refractivity contribution in [2.75, 3.05) is 6.26 Å². The second kappa shape index (κ2) is 5.65. The number of sulfone groups is 1. The summed E-state index contributed by atoms with van der Waals surface area (Å²) < 4.78 is 24.0. The van der Waals surface area contributed by atoms with Gasteiger partial charge in [0.25, 0.3) is 5.56 Å². The van der Waals surface area contributed by atoms with Crippen LogP contribution in [0.25, 0.3) is 0 Å². The van der Waals surface area contributed by atoms with E-state index in [1.165, 1.54) is 28.8 Å². The fraction of sp³-hybridized carbons (Fsp3) is 0.200. The molecule has 0 atom stereocenters. The zero-order chi connectivity index (χ0) is 15.6. The van der Waals surface area contributed by atoms with Crippen LogP contribution in [0.3, 0.4) is 0 Å². The van der Waals surface area contributed by atoms with E-state index >= 15 is 0 Å². The molecule has 0 saturated carbocycles. The summed E-state index contributed by atoms with van der Waals surface area (Å²) in [5.41, 5.74) is 0.729. The SMILES string of the molecule is Cc1cccn(CC(=O)c2ccc(S(C)(=O)=O)cc2)c1=O. The number of ketones is 1. The predicted octanol–water partition coefficient (Wildman–Crippen LogP) is 1.44. The summed E-state index contributed by atoms with van der Waals surface area (Å²) >= 11 is 0. The molecule has 5 nitrogen and oxygen atoms in total. The number of hydrogen-bond acceptors (Lipinski definition) is 4. The molecule has 2 rings (SSSR count). The molecule has 0 spiro atoms. The number of Topliss-reactive ketones (excluding diaryl/α,β-unsaturated/α-hetero) is 1. The van der Waals surface area contributed by atoms with Crippen molar-refractivity contribution in [1.29, 1.82) is 0 Å². The third-order valence-electron chi connectivity index (χ3n) is 3.13. The molecule has 0 radical (unpaired) electrons. The summed E-state index contributed by atoms with van der Waals surface area (Å²) in [5, 5.41) is 0. The van der Waals surface area contributed by atoms with Crippen molar-refractivity contribution in [3.8, 4) is 0 Å². The van der Waals surface area contributed by atoms with Crippen LogP contribution >= 0.6 is 0 Å². The van der Waals surface area contributed by atoms with Gasteiger partial charge in [0, 0.05) is 23.6 Å². The minimum atomic E-state index is -3.28. The first kappa shape index (κ1) is 15.2. The molecule has 0 N–H and O–H groups in total. The van der Waals surface area contributed by atoms with Crippen LogP contribution in [0.15, 0.2) is 52.3 Å². The lowest BCUT2D eigenvalue weighted by atomic mass is 10.1. The molecule has 2 aromatic rings. The molecule has 1 heterocycles. The Morgan fingerprint density at radius 1 is 1.14 bits per heavy atom. The summed E-state index contributed by atoms with van der Waals surface area (Å²) in [6.45, 7) is 1.61. The number of carbonyl (C=O) groups is 1. The Hall–Kier alpha value is -2.21. The number of hydrogen-bond donors (Lipinski definition) is 0. The molecule has 1 aromatic heterocycles. The Bertz CT molecular complexity index is 833. The van der Waals surface area contributed by atoms with Crippen LogP contribution in [0.4, 0.5) is 0 Å². The largest absolute Gasteiger partial charge is 0.308 e. The average Bonchev–Trinajstić information content (AvgIpc) is 2.43. The van der Waals surface area contributed by atoms with E-state index in [1.807, 2.05) is 0 Å². The van der Waals surface area contributed by atoms with E-state index in [1.54, 1.807) is 25.3 Å². The maximum absolute atomic E-state index is 12.1. The second-order valence-electron chi connectivity index (χ2n) is 4.84. The van der Waals surface area contributed by atoms with Gasteiger partial charge in [0.1, 0.15) is 0 Å². The number of rotatable bonds is 4. The van der Waals surface area contributed by atoms with E-state index in [0.717, 1.165) is 6.26 Å². The molecule has 110 valence electrons. The zero-order valence-electron chi connectivity index (χ0n) is 11.7. The average molecular weight is 305 g/mol. The van der Waals surface area contributed by atoms with E-state index in [9.17, 15) is 18.0 Å². The molecule has 0 aliphatic heterocycles. The molecular formula is C15H15NO4S. The Labute approximate surface area is 122 Å². The third kappa shape index (κ3) is 3.46. The number of benzene rings is 1. The highest BCUT2D eigenvalue weighted by molar-refractivity contribution is 7.90. The van der Waals surface area contributed by atoms with Crippen LogP contribution in [0.2, 0.25) is 0 Å². The van der Waals surface area contributed by atoms with E-state index in [-0.39, 0.29) is 22.8 Å². The van der Waals surface area contributed by atoms with E-state index in [0.29, 0.717) is 11.1 Å². The monoisotopic (exact) mass is 305 g/mol. The molecule has 0 aliphatic carbocycles. The van der Waals surface area contributed by atoms with Gasteiger partial charge in [0.15, 0.2) is 15.6 Å². The normalized spacial score (nSPS) is 11.3. The van der Waals surface area contributed by atoms with Crippen LogP contribution in [-0.2, 0) is 16.4 Å². The van der Waals surface area contributed by atoms with Crippen molar-refractivity contribution in [1.82, 2.24) is 4.57 Å². The fourth-order valence-corrected chi connectivity index (χ4v) is 2.55. The van der Waals surface area contributed by atoms with E-state index < -0.39 is 9.84 Å². The summed E-state index contributed by atoms with van der Waals surface area (Å²) in [6, 6.07) is 9.09. The van der Waals surface area contributed by atoms with Gasteiger partial charge in [-0.2, -0.15) is 0 Å². The molecule has 0 saturated heterocycles. The van der Waals surface area contributed by atoms with Gasteiger partial charge in [-0.3, -0.25) is 9.59 Å². The fourth-order valence-electron chi connectivity index (χ4n) is 1.92. The molecule has 21 heavy (non-hydrogen) atoms. The van der Waals surface area contributed by atoms with Crippen LogP contribution < -0.4 is 5.56 Å². The van der Waals surface area contributed by atoms with Crippen molar-refractivity contribution in [2.24, 2.45) is 0 Å². The van der Waals surface area contributed by atoms with Crippen molar-refractivity contribution in [3.63, 3.8) is 0 Å². The first-order valence-electron chi connectivity index (χ1n) is 6.28. The Morgan fingerprint density at radius 3 is 2.33 bits per heavy atom. The second-order valence-corrected chi connectivity index (χ2v) is 6.86. The maximum atomic E-state index is 12.1. The van der Waals surface area contributed by atoms with Gasteiger partial charge in [-0.15, -0.1) is 0 Å². The summed E-state index contributed by atoms with van der Waals surface area (Å²) in [4.78, 5) is 24.1. The highest BCUT2D eigenvalue weighted by Gasteiger charge is 2.11. The van der Waals surface area contributed by atoms with Gasteiger partial charge >= 0.3 is 0 Å². The van der Waals surface area contributed by atoms with E-state index in [4.69, 9.17) is 0 Å². The first-order chi connectivity index (χ1) is 9.79. The molecule has 0 aliphatic rings. The topological polar surface area (TPSA) is 73.2 Å². The highest BCUT2D eigenvalue weighted by Crippen LogP contribution is 2.11. The quantitative estimate of drug-likeness (QED) is 0.801. The number of aromatic nitrogens is 1. The molecule has 0 amide bonds. The third-order valence-corrected chi connectivity index (χ3v) is 4.26. The van der Waals surface area contributed by atoms with Gasteiger partial charge < -0.3 is 4.57 Å². The molecule has 0 unspecified atom stereocenters. The van der Waals surface area contributed by atoms with Gasteiger partial charge in [-0.25, -0.2) is 8.42 Å². The smallest absolute Gasteiger partial charge is 0.253 e. The molecule has 6 heteroatoms. The van der Waals surface area contributed by atoms with Crippen molar-refractivity contribution in [2.45, 2.75) is 18.4 Å². The van der Waals surface area contributed by atoms with Gasteiger partial charge in [0.2, 0.25) is 0 Å². The molecule has 0 bridgehead atoms. The Morgan fingerprint density at radius 2 is 1.76 bits per heavy atom. The van der Waals surface area contributed by atoms with E-state index in [2.05, 4.69) is 0 Å². The van der Waals surface area contributed by atoms with Crippen LogP contribution in [0.5, 0.6) is 0 Å². The zero-order valence-corrected chi connectivity index (χ0v) is 12.6. The number of nitrogens with zero attached hydrogens (tertiary/aromatic N) is 1. The molecule has 0 fully saturated rings. The Balaban J connectivity index is 2.25. The minimum Gasteiger partial charge on any atom is -0.308 e. The first-order valence-corrected chi connectivity index (χ1v) is 8.17. The standard InChI is InChI=1S/C15H15NO4S/c1-11-4-3-9-16(15(11)18)10-14(17)12-5-7-13(8-6-12)21(2,19)20/h3-9H,10H2,1-2H3. The number of aryl methyl sites for hydroxylation is 1. The molecular weight excluding hydrogens is 290 g/mol. The predicted molar refractivity (Wildman–Crippen MR) is 79.3 cm³/mol. The minimum absolute atomic E-state index is 0.0707. The van der Waals surface area contributed by atoms with Gasteiger partial charge in [-0.1, -0.05) is 18.2 Å². The van der Waals surface area contributed by atoms with Crippen molar-refractivity contribution < 1.29 is 13.2 Å². The summed E-state index contributed by atoms with van der Waals surface area (Å²) in [5.74, 6) is -0.247. The van der Waals surface area contributed by atoms with Gasteiger partial charge in [-0.05, 0) is 25.1 Å². The van der Waals surface area contributed by atoms with Gasteiger partial charge in [0.05, 0.1) is 11.4 Å². The Kier molecular flexibility index (Phi) is 4.09. The summed E-state index contributed by atoms with van der Waals surface area (Å²) in [6.07, 6.45) is 2.66. The van der Waals surface area contributed by atoms with Crippen LogP contribution in [0.1, 0.15) is 15.9 Å². The van der Waals surface area contributed by atoms with Crippen LogP contribution in [-0.4, -0.2) is 25.0 Å². The van der Waals surface area contributed by atoms with Crippen LogP contribution in [0, 0.1) is 6.92 Å². The van der Waals surface area contributed by atoms with Crippen molar-refractivity contribution >= 4 is 15.6 Å². The number of pyridine rings is 1. The lowest BCUT2D eigenvalue weighted by molar-refractivity contribution is 0.0970. The van der Waals surface area contributed by atoms with Crippen molar-refractivity contribution in [3.05, 3.63) is 64.1 Å². The molecule has 1 aromatic carbocycles. The lowest BCUT2D eigenvalue weighted by Gasteiger charge is -2.06. The maximum Gasteiger partial charge on any atom is 0.253 e. The highest BCUT2D eigenvalue weighted by atomic mass is 32.2. The lowest BCUT2D eigenvalue weighted by Crippen LogP contribution is -2.25. The summed E-state index contributed by atoms with van der Waals surface area (Å²) in [7, 11) is -3.28.